The number of ether oxygens (including phenoxy) is 1. The van der Waals surface area contributed by atoms with Crippen LogP contribution >= 0.6 is 24.2 Å². The fraction of sp³-hybridized carbons (Fsp3) is 1.00. The number of epoxide rings is 1. The van der Waals surface area contributed by atoms with E-state index in [1.165, 1.54) is 0 Å². The Balaban J connectivity index is 2.28. The van der Waals surface area contributed by atoms with E-state index in [1.807, 2.05) is 0 Å². The average molecular weight is 139 g/mol. The van der Waals surface area contributed by atoms with Gasteiger partial charge in [0.2, 0.25) is 0 Å². The normalized spacial score (nSPS) is 38.6. The third kappa shape index (κ3) is 1.04. The summed E-state index contributed by atoms with van der Waals surface area (Å²) in [5, 5.41) is 0. The molecule has 1 aliphatic heterocycles. The third-order valence-corrected chi connectivity index (χ3v) is 2.15. The van der Waals surface area contributed by atoms with E-state index in [0.717, 1.165) is 12.4 Å². The molecular formula is C4H7ClOS. The van der Waals surface area contributed by atoms with Gasteiger partial charge in [-0.25, -0.2) is 0 Å². The molecule has 1 fully saturated rings. The zero-order chi connectivity index (χ0) is 5.33. The number of hydrogen-bond acceptors (Lipinski definition) is 2. The first-order valence-corrected chi connectivity index (χ1v) is 3.30. The highest BCUT2D eigenvalue weighted by Gasteiger charge is 2.42. The topological polar surface area (TPSA) is 12.5 Å². The number of alkyl halides is 1. The van der Waals surface area contributed by atoms with Gasteiger partial charge in [0.25, 0.3) is 0 Å². The molecule has 0 N–H and O–H groups in total. The molecule has 0 spiro atoms. The molecule has 3 heteroatoms. The van der Waals surface area contributed by atoms with Crippen molar-refractivity contribution in [3.05, 3.63) is 0 Å². The maximum absolute atomic E-state index is 5.48. The molecule has 1 atom stereocenters. The largest absolute Gasteiger partial charge is 0.367 e. The van der Waals surface area contributed by atoms with Gasteiger partial charge in [0.05, 0.1) is 12.5 Å². The van der Waals surface area contributed by atoms with Crippen molar-refractivity contribution < 1.29 is 4.74 Å². The highest BCUT2D eigenvalue weighted by molar-refractivity contribution is 7.80. The Morgan fingerprint density at radius 1 is 1.86 bits per heavy atom. The van der Waals surface area contributed by atoms with Crippen molar-refractivity contribution in [1.82, 2.24) is 0 Å². The second kappa shape index (κ2) is 1.84. The van der Waals surface area contributed by atoms with Gasteiger partial charge in [-0.15, -0.1) is 11.6 Å². The lowest BCUT2D eigenvalue weighted by Crippen LogP contribution is -2.14. The van der Waals surface area contributed by atoms with Gasteiger partial charge in [0, 0.05) is 5.75 Å². The molecule has 7 heavy (non-hydrogen) atoms. The van der Waals surface area contributed by atoms with Crippen LogP contribution in [0.1, 0.15) is 0 Å². The van der Waals surface area contributed by atoms with Crippen LogP contribution in [-0.2, 0) is 4.74 Å². The lowest BCUT2D eigenvalue weighted by Gasteiger charge is -1.97. The van der Waals surface area contributed by atoms with Crippen LogP contribution in [0, 0.1) is 0 Å². The molecule has 1 nitrogen and oxygen atoms in total. The van der Waals surface area contributed by atoms with Gasteiger partial charge >= 0.3 is 0 Å². The second-order valence-corrected chi connectivity index (χ2v) is 2.35. The monoisotopic (exact) mass is 138 g/mol. The summed E-state index contributed by atoms with van der Waals surface area (Å²) < 4.78 is 4.99. The van der Waals surface area contributed by atoms with E-state index < -0.39 is 0 Å². The van der Waals surface area contributed by atoms with Gasteiger partial charge in [-0.2, -0.15) is 12.6 Å². The van der Waals surface area contributed by atoms with Gasteiger partial charge in [-0.3, -0.25) is 0 Å². The number of hydrogen-bond donors (Lipinski definition) is 1. The van der Waals surface area contributed by atoms with Gasteiger partial charge in [-0.05, 0) is 0 Å². The SMILES string of the molecule is SCC1(CCl)CO1. The molecule has 0 radical (unpaired) electrons. The number of halogens is 1. The predicted octanol–water partition coefficient (Wildman–Crippen LogP) is 0.924. The van der Waals surface area contributed by atoms with Crippen LogP contribution in [-0.4, -0.2) is 23.8 Å². The Bertz CT molecular complexity index is 66.1. The molecule has 0 aromatic heterocycles. The van der Waals surface area contributed by atoms with Crippen molar-refractivity contribution in [1.29, 1.82) is 0 Å². The second-order valence-electron chi connectivity index (χ2n) is 1.76. The first kappa shape index (κ1) is 5.73. The van der Waals surface area contributed by atoms with E-state index >= 15 is 0 Å². The predicted molar refractivity (Wildman–Crippen MR) is 33.3 cm³/mol. The van der Waals surface area contributed by atoms with Crippen molar-refractivity contribution in [3.63, 3.8) is 0 Å². The van der Waals surface area contributed by atoms with Crippen molar-refractivity contribution in [2.45, 2.75) is 5.60 Å². The Morgan fingerprint density at radius 2 is 2.43 bits per heavy atom. The zero-order valence-electron chi connectivity index (χ0n) is 3.85. The molecule has 1 saturated heterocycles. The van der Waals surface area contributed by atoms with E-state index in [0.29, 0.717) is 5.88 Å². The summed E-state index contributed by atoms with van der Waals surface area (Å²) in [6.45, 7) is 0.792. The molecule has 1 aliphatic rings. The smallest absolute Gasteiger partial charge is 0.114 e. The molecule has 0 bridgehead atoms. The highest BCUT2D eigenvalue weighted by Crippen LogP contribution is 2.28. The lowest BCUT2D eigenvalue weighted by molar-refractivity contribution is 0.351. The molecule has 0 amide bonds. The van der Waals surface area contributed by atoms with Crippen molar-refractivity contribution in [3.8, 4) is 0 Å². The van der Waals surface area contributed by atoms with Crippen LogP contribution in [0.3, 0.4) is 0 Å². The fourth-order valence-corrected chi connectivity index (χ4v) is 0.988. The lowest BCUT2D eigenvalue weighted by atomic mass is 10.2. The Kier molecular flexibility index (Phi) is 1.51. The minimum atomic E-state index is -0.0370. The molecule has 0 aliphatic carbocycles. The van der Waals surface area contributed by atoms with Gasteiger partial charge in [-0.1, -0.05) is 0 Å². The highest BCUT2D eigenvalue weighted by atomic mass is 35.5. The maximum Gasteiger partial charge on any atom is 0.114 e. The molecule has 42 valence electrons. The molecule has 1 rings (SSSR count). The summed E-state index contributed by atoms with van der Waals surface area (Å²) in [4.78, 5) is 0. The standard InChI is InChI=1S/C4H7ClOS/c5-1-4(3-7)2-6-4/h7H,1-3H2. The Hall–Kier alpha value is 0.600. The summed E-state index contributed by atoms with van der Waals surface area (Å²) in [6, 6.07) is 0. The number of rotatable bonds is 2. The molecule has 0 aromatic carbocycles. The van der Waals surface area contributed by atoms with E-state index in [-0.39, 0.29) is 5.60 Å². The van der Waals surface area contributed by atoms with Crippen molar-refractivity contribution in [2.24, 2.45) is 0 Å². The Labute approximate surface area is 53.4 Å². The molecule has 0 saturated carbocycles. The minimum Gasteiger partial charge on any atom is -0.367 e. The van der Waals surface area contributed by atoms with E-state index in [1.54, 1.807) is 0 Å². The van der Waals surface area contributed by atoms with Crippen molar-refractivity contribution >= 4 is 24.2 Å². The molecule has 1 heterocycles. The first-order valence-electron chi connectivity index (χ1n) is 2.14. The van der Waals surface area contributed by atoms with Crippen LogP contribution in [0.15, 0.2) is 0 Å². The average Bonchev–Trinajstić information content (AvgIpc) is 2.46. The van der Waals surface area contributed by atoms with Crippen LogP contribution in [0.25, 0.3) is 0 Å². The number of thiol groups is 1. The van der Waals surface area contributed by atoms with Crippen LogP contribution in [0.5, 0.6) is 0 Å². The van der Waals surface area contributed by atoms with E-state index in [9.17, 15) is 0 Å². The van der Waals surface area contributed by atoms with Gasteiger partial charge < -0.3 is 4.74 Å². The molecular weight excluding hydrogens is 132 g/mol. The minimum absolute atomic E-state index is 0.0370. The van der Waals surface area contributed by atoms with Crippen LogP contribution in [0.4, 0.5) is 0 Å². The van der Waals surface area contributed by atoms with Crippen LogP contribution in [0.2, 0.25) is 0 Å². The fourth-order valence-electron chi connectivity index (χ4n) is 0.313. The summed E-state index contributed by atoms with van der Waals surface area (Å²) in [7, 11) is 0. The summed E-state index contributed by atoms with van der Waals surface area (Å²) in [6.07, 6.45) is 0. The molecule has 0 aromatic rings. The summed E-state index contributed by atoms with van der Waals surface area (Å²) in [5.41, 5.74) is -0.0370. The maximum atomic E-state index is 5.48. The third-order valence-electron chi connectivity index (χ3n) is 1.08. The Morgan fingerprint density at radius 3 is 2.43 bits per heavy atom. The van der Waals surface area contributed by atoms with Gasteiger partial charge in [0.15, 0.2) is 0 Å². The summed E-state index contributed by atoms with van der Waals surface area (Å²) >= 11 is 9.52. The summed E-state index contributed by atoms with van der Waals surface area (Å²) in [5.74, 6) is 1.33. The van der Waals surface area contributed by atoms with Gasteiger partial charge in [0.1, 0.15) is 5.60 Å². The van der Waals surface area contributed by atoms with E-state index in [4.69, 9.17) is 16.3 Å². The van der Waals surface area contributed by atoms with Crippen LogP contribution < -0.4 is 0 Å². The zero-order valence-corrected chi connectivity index (χ0v) is 5.51. The van der Waals surface area contributed by atoms with E-state index in [2.05, 4.69) is 12.6 Å². The first-order chi connectivity index (χ1) is 3.33. The quantitative estimate of drug-likeness (QED) is 0.340. The molecule has 1 unspecified atom stereocenters. The van der Waals surface area contributed by atoms with Crippen molar-refractivity contribution in [2.75, 3.05) is 18.2 Å².